The number of para-hydroxylation sites is 1. The monoisotopic (exact) mass is 528 g/mol. The van der Waals surface area contributed by atoms with Crippen LogP contribution in [0.4, 0.5) is 0 Å². The maximum Gasteiger partial charge on any atom is 0.203 e. The first-order valence-corrected chi connectivity index (χ1v) is 12.2. The van der Waals surface area contributed by atoms with E-state index >= 15 is 0 Å². The second-order valence-corrected chi connectivity index (χ2v) is 8.26. The molecule has 0 N–H and O–H groups in total. The molecule has 0 aliphatic carbocycles. The highest BCUT2D eigenvalue weighted by molar-refractivity contribution is 5.78. The molecule has 0 atom stereocenters. The molecule has 1 aromatic heterocycles. The number of aromatic nitrogens is 2. The van der Waals surface area contributed by atoms with Crippen LogP contribution in [0.3, 0.4) is 0 Å². The summed E-state index contributed by atoms with van der Waals surface area (Å²) in [5, 5.41) is 4.85. The molecule has 0 fully saturated rings. The third kappa shape index (κ3) is 5.70. The van der Waals surface area contributed by atoms with E-state index in [1.54, 1.807) is 42.7 Å². The van der Waals surface area contributed by atoms with Gasteiger partial charge in [0.15, 0.2) is 23.0 Å². The third-order valence-electron chi connectivity index (χ3n) is 6.09. The zero-order valence-corrected chi connectivity index (χ0v) is 22.9. The minimum absolute atomic E-state index is 0.532. The van der Waals surface area contributed by atoms with E-state index in [0.29, 0.717) is 34.5 Å². The maximum absolute atomic E-state index is 5.64. The molecule has 0 spiro atoms. The minimum atomic E-state index is 0.532. The van der Waals surface area contributed by atoms with Gasteiger partial charge in [0.25, 0.3) is 0 Å². The Kier molecular flexibility index (Phi) is 8.78. The SMILES string of the molecule is COc1ccc(/C=C/c2cc(/C=C/c3ccc(OC)c(OC)c3OC)n(-c3ccccc3)n2)c(OC)c1OC. The van der Waals surface area contributed by atoms with Crippen molar-refractivity contribution in [3.05, 3.63) is 83.2 Å². The lowest BCUT2D eigenvalue weighted by Gasteiger charge is -2.14. The molecule has 0 aliphatic heterocycles. The second kappa shape index (κ2) is 12.6. The van der Waals surface area contributed by atoms with E-state index in [9.17, 15) is 0 Å². The molecule has 3 aromatic carbocycles. The summed E-state index contributed by atoms with van der Waals surface area (Å²) < 4.78 is 35.0. The molecule has 4 rings (SSSR count). The lowest BCUT2D eigenvalue weighted by Crippen LogP contribution is -1.99. The van der Waals surface area contributed by atoms with Gasteiger partial charge in [0.2, 0.25) is 11.5 Å². The van der Waals surface area contributed by atoms with E-state index in [2.05, 4.69) is 0 Å². The molecule has 0 aliphatic rings. The summed E-state index contributed by atoms with van der Waals surface area (Å²) in [5.74, 6) is 3.42. The van der Waals surface area contributed by atoms with Gasteiger partial charge in [-0.1, -0.05) is 18.2 Å². The van der Waals surface area contributed by atoms with Crippen molar-refractivity contribution in [2.75, 3.05) is 42.7 Å². The number of methoxy groups -OCH3 is 6. The quantitative estimate of drug-likeness (QED) is 0.227. The van der Waals surface area contributed by atoms with Crippen molar-refractivity contribution in [1.29, 1.82) is 0 Å². The lowest BCUT2D eigenvalue weighted by atomic mass is 10.1. The van der Waals surface area contributed by atoms with Gasteiger partial charge in [-0.3, -0.25) is 0 Å². The Morgan fingerprint density at radius 1 is 0.538 bits per heavy atom. The Labute approximate surface area is 228 Å². The van der Waals surface area contributed by atoms with Gasteiger partial charge in [-0.25, -0.2) is 4.68 Å². The fraction of sp³-hybridized carbons (Fsp3) is 0.194. The lowest BCUT2D eigenvalue weighted by molar-refractivity contribution is 0.324. The van der Waals surface area contributed by atoms with Gasteiger partial charge in [0.05, 0.1) is 59.7 Å². The van der Waals surface area contributed by atoms with E-state index in [0.717, 1.165) is 28.2 Å². The first kappa shape index (κ1) is 27.2. The molecular weight excluding hydrogens is 496 g/mol. The van der Waals surface area contributed by atoms with Crippen molar-refractivity contribution in [2.24, 2.45) is 0 Å². The van der Waals surface area contributed by atoms with Crippen molar-refractivity contribution < 1.29 is 28.4 Å². The highest BCUT2D eigenvalue weighted by atomic mass is 16.5. The average Bonchev–Trinajstić information content (AvgIpc) is 3.40. The Hall–Kier alpha value is -4.85. The average molecular weight is 529 g/mol. The van der Waals surface area contributed by atoms with Gasteiger partial charge in [-0.15, -0.1) is 0 Å². The van der Waals surface area contributed by atoms with Crippen molar-refractivity contribution in [3.8, 4) is 40.2 Å². The van der Waals surface area contributed by atoms with Crippen LogP contribution >= 0.6 is 0 Å². The Morgan fingerprint density at radius 2 is 1.05 bits per heavy atom. The first-order valence-electron chi connectivity index (χ1n) is 12.2. The zero-order valence-electron chi connectivity index (χ0n) is 22.9. The van der Waals surface area contributed by atoms with Crippen LogP contribution in [0.1, 0.15) is 22.5 Å². The molecule has 8 nitrogen and oxygen atoms in total. The van der Waals surface area contributed by atoms with Gasteiger partial charge in [-0.2, -0.15) is 5.10 Å². The van der Waals surface area contributed by atoms with Gasteiger partial charge >= 0.3 is 0 Å². The summed E-state index contributed by atoms with van der Waals surface area (Å²) in [5.41, 5.74) is 4.23. The van der Waals surface area contributed by atoms with Gasteiger partial charge in [-0.05, 0) is 66.8 Å². The smallest absolute Gasteiger partial charge is 0.203 e. The summed E-state index contributed by atoms with van der Waals surface area (Å²) in [4.78, 5) is 0. The molecule has 0 saturated carbocycles. The molecule has 8 heteroatoms. The van der Waals surface area contributed by atoms with Crippen molar-refractivity contribution >= 4 is 24.3 Å². The summed E-state index contributed by atoms with van der Waals surface area (Å²) >= 11 is 0. The molecule has 0 saturated heterocycles. The van der Waals surface area contributed by atoms with Crippen LogP contribution in [0.5, 0.6) is 34.5 Å². The van der Waals surface area contributed by atoms with Gasteiger partial charge < -0.3 is 28.4 Å². The number of nitrogens with zero attached hydrogens (tertiary/aromatic N) is 2. The molecule has 0 amide bonds. The predicted octanol–water partition coefficient (Wildman–Crippen LogP) is 6.26. The Bertz CT molecular complexity index is 1470. The minimum Gasteiger partial charge on any atom is -0.493 e. The van der Waals surface area contributed by atoms with Crippen molar-refractivity contribution in [2.45, 2.75) is 0 Å². The molecule has 4 aromatic rings. The largest absolute Gasteiger partial charge is 0.493 e. The van der Waals surface area contributed by atoms with E-state index < -0.39 is 0 Å². The molecule has 0 unspecified atom stereocenters. The summed E-state index contributed by atoms with van der Waals surface area (Å²) in [6.45, 7) is 0. The van der Waals surface area contributed by atoms with E-state index in [4.69, 9.17) is 33.5 Å². The number of hydrogen-bond acceptors (Lipinski definition) is 7. The summed E-state index contributed by atoms with van der Waals surface area (Å²) in [6, 6.07) is 19.5. The molecule has 1 heterocycles. The Balaban J connectivity index is 1.75. The van der Waals surface area contributed by atoms with Crippen LogP contribution in [-0.2, 0) is 0 Å². The van der Waals surface area contributed by atoms with Crippen LogP contribution in [-0.4, -0.2) is 52.4 Å². The third-order valence-corrected chi connectivity index (χ3v) is 6.09. The standard InChI is InChI=1S/C31H32N2O6/c1-34-26-18-14-21(28(36-3)30(26)38-5)12-16-23-20-25(33(32-23)24-10-8-7-9-11-24)17-13-22-15-19-27(35-2)31(39-6)29(22)37-4/h7-20H,1-6H3/b16-12+,17-13+. The highest BCUT2D eigenvalue weighted by Crippen LogP contribution is 2.41. The predicted molar refractivity (Wildman–Crippen MR) is 154 cm³/mol. The van der Waals surface area contributed by atoms with E-state index in [-0.39, 0.29) is 0 Å². The number of hydrogen-bond donors (Lipinski definition) is 0. The fourth-order valence-electron chi connectivity index (χ4n) is 4.25. The van der Waals surface area contributed by atoms with Crippen LogP contribution in [0.25, 0.3) is 30.0 Å². The number of benzene rings is 3. The van der Waals surface area contributed by atoms with Crippen LogP contribution in [0, 0.1) is 0 Å². The first-order chi connectivity index (χ1) is 19.1. The molecule has 0 radical (unpaired) electrons. The van der Waals surface area contributed by atoms with Crippen LogP contribution < -0.4 is 28.4 Å². The number of ether oxygens (including phenoxy) is 6. The van der Waals surface area contributed by atoms with Crippen molar-refractivity contribution in [3.63, 3.8) is 0 Å². The van der Waals surface area contributed by atoms with Gasteiger partial charge in [0.1, 0.15) is 0 Å². The Morgan fingerprint density at radius 3 is 1.54 bits per heavy atom. The second-order valence-electron chi connectivity index (χ2n) is 8.26. The van der Waals surface area contributed by atoms with Crippen LogP contribution in [0.2, 0.25) is 0 Å². The number of rotatable bonds is 11. The maximum atomic E-state index is 5.64. The van der Waals surface area contributed by atoms with E-state index in [1.807, 2.05) is 89.6 Å². The molecule has 0 bridgehead atoms. The fourth-order valence-corrected chi connectivity index (χ4v) is 4.25. The zero-order chi connectivity index (χ0) is 27.8. The summed E-state index contributed by atoms with van der Waals surface area (Å²) in [7, 11) is 9.57. The van der Waals surface area contributed by atoms with Gasteiger partial charge in [0, 0.05) is 11.1 Å². The van der Waals surface area contributed by atoms with Crippen LogP contribution in [0.15, 0.2) is 60.7 Å². The van der Waals surface area contributed by atoms with E-state index in [1.165, 1.54) is 0 Å². The topological polar surface area (TPSA) is 73.2 Å². The molecule has 39 heavy (non-hydrogen) atoms. The summed E-state index contributed by atoms with van der Waals surface area (Å²) in [6.07, 6.45) is 7.81. The molecule has 202 valence electrons. The van der Waals surface area contributed by atoms with Crippen molar-refractivity contribution in [1.82, 2.24) is 9.78 Å². The highest BCUT2D eigenvalue weighted by Gasteiger charge is 2.16. The normalized spacial score (nSPS) is 11.1. The molecular formula is C31H32N2O6.